The average molecular weight is 455 g/mol. The maximum Gasteiger partial charge on any atom is 0.338 e. The molecule has 27 heavy (non-hydrogen) atoms. The van der Waals surface area contributed by atoms with Crippen molar-refractivity contribution < 1.29 is 22.7 Å². The number of sulfonamides is 1. The van der Waals surface area contributed by atoms with E-state index < -0.39 is 21.9 Å². The first-order chi connectivity index (χ1) is 12.7. The molecule has 2 rings (SSSR count). The third kappa shape index (κ3) is 6.07. The minimum absolute atomic E-state index is 0.273. The van der Waals surface area contributed by atoms with Crippen LogP contribution in [0, 0.1) is 0 Å². The summed E-state index contributed by atoms with van der Waals surface area (Å²) in [5.74, 6) is -0.957. The Hall–Kier alpha value is -2.39. The Balaban J connectivity index is 2.10. The number of nitrogens with zero attached hydrogens (tertiary/aromatic N) is 1. The number of hydrogen-bond donors (Lipinski definition) is 1. The van der Waals surface area contributed by atoms with Gasteiger partial charge in [0, 0.05) is 10.2 Å². The zero-order valence-electron chi connectivity index (χ0n) is 14.8. The summed E-state index contributed by atoms with van der Waals surface area (Å²) in [6.07, 6.45) is 1.04. The Morgan fingerprint density at radius 3 is 2.19 bits per heavy atom. The molecule has 2 aromatic rings. The number of carbonyl (C=O) groups excluding carboxylic acids is 2. The van der Waals surface area contributed by atoms with Crippen molar-refractivity contribution >= 4 is 49.2 Å². The van der Waals surface area contributed by atoms with Crippen LogP contribution in [0.1, 0.15) is 17.3 Å². The lowest BCUT2D eigenvalue weighted by Gasteiger charge is -2.22. The molecule has 0 saturated heterocycles. The van der Waals surface area contributed by atoms with E-state index in [1.165, 1.54) is 12.1 Å². The lowest BCUT2D eigenvalue weighted by atomic mass is 10.2. The molecule has 0 radical (unpaired) electrons. The fourth-order valence-electron chi connectivity index (χ4n) is 2.24. The molecule has 0 atom stereocenters. The van der Waals surface area contributed by atoms with Gasteiger partial charge in [-0.3, -0.25) is 9.10 Å². The molecule has 0 aliphatic rings. The Labute approximate surface area is 166 Å². The fourth-order valence-corrected chi connectivity index (χ4v) is 3.36. The third-order valence-electron chi connectivity index (χ3n) is 3.48. The summed E-state index contributed by atoms with van der Waals surface area (Å²) in [7, 11) is -3.65. The minimum Gasteiger partial charge on any atom is -0.462 e. The maximum absolute atomic E-state index is 12.3. The fraction of sp³-hybridized carbons (Fsp3) is 0.222. The number of amides is 1. The topological polar surface area (TPSA) is 92.8 Å². The standard InChI is InChI=1S/C18H19BrN2O5S/c1-3-26-18(23)13-4-8-15(9-5-13)20-17(22)12-21(27(2,24)25)16-10-6-14(19)7-11-16/h4-11H,3,12H2,1-2H3,(H,20,22). The molecule has 0 aliphatic carbocycles. The van der Waals surface area contributed by atoms with Gasteiger partial charge >= 0.3 is 5.97 Å². The number of rotatable bonds is 7. The number of benzene rings is 2. The highest BCUT2D eigenvalue weighted by molar-refractivity contribution is 9.10. The SMILES string of the molecule is CCOC(=O)c1ccc(NC(=O)CN(c2ccc(Br)cc2)S(C)(=O)=O)cc1. The third-order valence-corrected chi connectivity index (χ3v) is 5.15. The van der Waals surface area contributed by atoms with Crippen LogP contribution >= 0.6 is 15.9 Å². The molecule has 2 aromatic carbocycles. The molecular weight excluding hydrogens is 436 g/mol. The number of nitrogens with one attached hydrogen (secondary N) is 1. The number of halogens is 1. The molecule has 1 N–H and O–H groups in total. The molecule has 0 fully saturated rings. The Morgan fingerprint density at radius 1 is 1.07 bits per heavy atom. The van der Waals surface area contributed by atoms with Crippen molar-refractivity contribution in [1.29, 1.82) is 0 Å². The van der Waals surface area contributed by atoms with E-state index in [-0.39, 0.29) is 13.2 Å². The van der Waals surface area contributed by atoms with Crippen LogP contribution in [-0.2, 0) is 19.6 Å². The van der Waals surface area contributed by atoms with Gasteiger partial charge in [0.05, 0.1) is 24.1 Å². The van der Waals surface area contributed by atoms with E-state index in [1.54, 1.807) is 43.3 Å². The quantitative estimate of drug-likeness (QED) is 0.648. The van der Waals surface area contributed by atoms with E-state index in [1.807, 2.05) is 0 Å². The van der Waals surface area contributed by atoms with Gasteiger partial charge in [0.25, 0.3) is 0 Å². The lowest BCUT2D eigenvalue weighted by molar-refractivity contribution is -0.114. The predicted molar refractivity (Wildman–Crippen MR) is 107 cm³/mol. The molecule has 9 heteroatoms. The van der Waals surface area contributed by atoms with Crippen molar-refractivity contribution in [2.75, 3.05) is 29.0 Å². The van der Waals surface area contributed by atoms with E-state index in [0.29, 0.717) is 16.9 Å². The van der Waals surface area contributed by atoms with Crippen molar-refractivity contribution in [3.63, 3.8) is 0 Å². The number of anilines is 2. The maximum atomic E-state index is 12.3. The summed E-state index contributed by atoms with van der Waals surface area (Å²) < 4.78 is 30.8. The van der Waals surface area contributed by atoms with Gasteiger partial charge in [0.2, 0.25) is 15.9 Å². The van der Waals surface area contributed by atoms with E-state index >= 15 is 0 Å². The van der Waals surface area contributed by atoms with Crippen LogP contribution in [0.2, 0.25) is 0 Å². The minimum atomic E-state index is -3.65. The summed E-state index contributed by atoms with van der Waals surface area (Å²) in [5, 5.41) is 2.62. The van der Waals surface area contributed by atoms with Gasteiger partial charge in [-0.05, 0) is 55.5 Å². The normalized spacial score (nSPS) is 10.9. The van der Waals surface area contributed by atoms with Crippen molar-refractivity contribution in [3.05, 3.63) is 58.6 Å². The molecule has 1 amide bonds. The lowest BCUT2D eigenvalue weighted by Crippen LogP contribution is -2.37. The molecule has 0 saturated carbocycles. The first kappa shape index (κ1) is 20.9. The monoisotopic (exact) mass is 454 g/mol. The second-order valence-corrected chi connectivity index (χ2v) is 8.41. The summed E-state index contributed by atoms with van der Waals surface area (Å²) in [5.41, 5.74) is 1.19. The van der Waals surface area contributed by atoms with Gasteiger partial charge in [-0.2, -0.15) is 0 Å². The van der Waals surface area contributed by atoms with Gasteiger partial charge in [-0.25, -0.2) is 13.2 Å². The first-order valence-corrected chi connectivity index (χ1v) is 10.6. The molecule has 0 aromatic heterocycles. The molecule has 0 aliphatic heterocycles. The predicted octanol–water partition coefficient (Wildman–Crippen LogP) is 3.03. The van der Waals surface area contributed by atoms with Crippen LogP contribution in [0.15, 0.2) is 53.0 Å². The van der Waals surface area contributed by atoms with Crippen molar-refractivity contribution in [1.82, 2.24) is 0 Å². The molecule has 144 valence electrons. The summed E-state index contributed by atoms with van der Waals surface area (Å²) in [4.78, 5) is 23.9. The summed E-state index contributed by atoms with van der Waals surface area (Å²) in [6, 6.07) is 12.7. The largest absolute Gasteiger partial charge is 0.462 e. The summed E-state index contributed by atoms with van der Waals surface area (Å²) >= 11 is 3.29. The van der Waals surface area contributed by atoms with Crippen molar-refractivity contribution in [3.8, 4) is 0 Å². The number of ether oxygens (including phenoxy) is 1. The van der Waals surface area contributed by atoms with Crippen LogP contribution < -0.4 is 9.62 Å². The molecule has 0 unspecified atom stereocenters. The second kappa shape index (κ2) is 9.01. The van der Waals surface area contributed by atoms with Crippen LogP contribution in [0.4, 0.5) is 11.4 Å². The van der Waals surface area contributed by atoms with Crippen LogP contribution in [-0.4, -0.2) is 39.7 Å². The average Bonchev–Trinajstić information content (AvgIpc) is 2.60. The number of hydrogen-bond acceptors (Lipinski definition) is 5. The van der Waals surface area contributed by atoms with Gasteiger partial charge < -0.3 is 10.1 Å². The Bertz CT molecular complexity index is 912. The second-order valence-electron chi connectivity index (χ2n) is 5.59. The molecule has 0 heterocycles. The Morgan fingerprint density at radius 2 is 1.67 bits per heavy atom. The molecular formula is C18H19BrN2O5S. The van der Waals surface area contributed by atoms with Crippen LogP contribution in [0.5, 0.6) is 0 Å². The smallest absolute Gasteiger partial charge is 0.338 e. The number of carbonyl (C=O) groups is 2. The highest BCUT2D eigenvalue weighted by atomic mass is 79.9. The highest BCUT2D eigenvalue weighted by Crippen LogP contribution is 2.21. The van der Waals surface area contributed by atoms with Gasteiger partial charge in [0.1, 0.15) is 6.54 Å². The molecule has 0 spiro atoms. The first-order valence-electron chi connectivity index (χ1n) is 8.01. The zero-order chi connectivity index (χ0) is 20.0. The van der Waals surface area contributed by atoms with E-state index in [0.717, 1.165) is 15.0 Å². The van der Waals surface area contributed by atoms with Gasteiger partial charge in [0.15, 0.2) is 0 Å². The van der Waals surface area contributed by atoms with E-state index in [9.17, 15) is 18.0 Å². The Kier molecular flexibility index (Phi) is 6.98. The van der Waals surface area contributed by atoms with Gasteiger partial charge in [-0.15, -0.1) is 0 Å². The van der Waals surface area contributed by atoms with Crippen LogP contribution in [0.3, 0.4) is 0 Å². The van der Waals surface area contributed by atoms with Crippen molar-refractivity contribution in [2.45, 2.75) is 6.92 Å². The zero-order valence-corrected chi connectivity index (χ0v) is 17.2. The molecule has 7 nitrogen and oxygen atoms in total. The molecule has 0 bridgehead atoms. The van der Waals surface area contributed by atoms with E-state index in [2.05, 4.69) is 21.2 Å². The number of esters is 1. The van der Waals surface area contributed by atoms with Crippen LogP contribution in [0.25, 0.3) is 0 Å². The van der Waals surface area contributed by atoms with Crippen molar-refractivity contribution in [2.24, 2.45) is 0 Å². The van der Waals surface area contributed by atoms with Gasteiger partial charge in [-0.1, -0.05) is 15.9 Å². The summed E-state index contributed by atoms with van der Waals surface area (Å²) in [6.45, 7) is 1.61. The highest BCUT2D eigenvalue weighted by Gasteiger charge is 2.21. The van der Waals surface area contributed by atoms with E-state index in [4.69, 9.17) is 4.74 Å².